The van der Waals surface area contributed by atoms with Crippen molar-refractivity contribution < 1.29 is 0 Å². The predicted octanol–water partition coefficient (Wildman–Crippen LogP) is 2.77. The smallest absolute Gasteiger partial charge is 0.0722 e. The Morgan fingerprint density at radius 3 is 2.81 bits per heavy atom. The fourth-order valence-electron chi connectivity index (χ4n) is 2.83. The van der Waals surface area contributed by atoms with Gasteiger partial charge in [0.2, 0.25) is 0 Å². The van der Waals surface area contributed by atoms with E-state index in [0.717, 1.165) is 23.3 Å². The molecule has 0 radical (unpaired) electrons. The van der Waals surface area contributed by atoms with Crippen LogP contribution in [0.5, 0.6) is 0 Å². The highest BCUT2D eigenvalue weighted by atomic mass is 15.3. The number of hydrogen-bond donors (Lipinski definition) is 1. The number of nitrogens with two attached hydrogens (primary N) is 1. The normalized spacial score (nSPS) is 12.7. The van der Waals surface area contributed by atoms with Crippen LogP contribution in [0.25, 0.3) is 10.9 Å². The molecule has 1 atom stereocenters. The van der Waals surface area contributed by atoms with Crippen LogP contribution < -0.4 is 5.73 Å². The molecule has 0 fully saturated rings. The Balaban J connectivity index is 1.95. The topological polar surface area (TPSA) is 56.7 Å². The highest BCUT2D eigenvalue weighted by molar-refractivity contribution is 5.81. The zero-order valence-electron chi connectivity index (χ0n) is 12.5. The molecule has 4 nitrogen and oxygen atoms in total. The molecule has 21 heavy (non-hydrogen) atoms. The molecule has 3 aromatic rings. The van der Waals surface area contributed by atoms with Gasteiger partial charge in [-0.05, 0) is 24.1 Å². The average Bonchev–Trinajstić information content (AvgIpc) is 2.84. The van der Waals surface area contributed by atoms with Crippen molar-refractivity contribution in [3.8, 4) is 0 Å². The molecule has 0 bridgehead atoms. The van der Waals surface area contributed by atoms with Gasteiger partial charge in [-0.2, -0.15) is 5.10 Å². The zero-order valence-corrected chi connectivity index (χ0v) is 12.5. The Hall–Kier alpha value is -2.20. The van der Waals surface area contributed by atoms with E-state index in [1.807, 2.05) is 36.1 Å². The first-order chi connectivity index (χ1) is 10.2. The number of nitrogens with zero attached hydrogens (tertiary/aromatic N) is 3. The standard InChI is InChI=1S/C17H20N4/c1-3-12-7-6-10-19-17(12)14(18)11-15-13-8-4-5-9-16(13)21(2)20-15/h4-10,14H,3,11,18H2,1-2H3. The SMILES string of the molecule is CCc1cccnc1C(N)Cc1nn(C)c2ccccc12. The van der Waals surface area contributed by atoms with Crippen molar-refractivity contribution in [2.45, 2.75) is 25.8 Å². The van der Waals surface area contributed by atoms with Crippen molar-refractivity contribution in [3.05, 3.63) is 59.5 Å². The highest BCUT2D eigenvalue weighted by Crippen LogP contribution is 2.23. The lowest BCUT2D eigenvalue weighted by atomic mass is 10.0. The molecule has 0 saturated heterocycles. The summed E-state index contributed by atoms with van der Waals surface area (Å²) in [5.41, 5.74) is 10.8. The fourth-order valence-corrected chi connectivity index (χ4v) is 2.83. The second-order valence-corrected chi connectivity index (χ2v) is 5.30. The molecule has 1 unspecified atom stereocenters. The summed E-state index contributed by atoms with van der Waals surface area (Å²) in [4.78, 5) is 4.47. The van der Waals surface area contributed by atoms with Gasteiger partial charge < -0.3 is 5.73 Å². The van der Waals surface area contributed by atoms with Gasteiger partial charge in [0.1, 0.15) is 0 Å². The first-order valence-corrected chi connectivity index (χ1v) is 7.30. The van der Waals surface area contributed by atoms with Crippen LogP contribution in [0, 0.1) is 0 Å². The van der Waals surface area contributed by atoms with E-state index in [1.54, 1.807) is 0 Å². The molecule has 1 aromatic carbocycles. The average molecular weight is 280 g/mol. The number of hydrogen-bond acceptors (Lipinski definition) is 3. The van der Waals surface area contributed by atoms with Crippen molar-refractivity contribution in [1.29, 1.82) is 0 Å². The van der Waals surface area contributed by atoms with Gasteiger partial charge in [0, 0.05) is 25.1 Å². The Kier molecular flexibility index (Phi) is 3.71. The van der Waals surface area contributed by atoms with Crippen LogP contribution in [0.2, 0.25) is 0 Å². The van der Waals surface area contributed by atoms with Gasteiger partial charge in [0.05, 0.1) is 22.9 Å². The molecular formula is C17H20N4. The van der Waals surface area contributed by atoms with E-state index in [1.165, 1.54) is 10.9 Å². The summed E-state index contributed by atoms with van der Waals surface area (Å²) in [6, 6.07) is 12.2. The molecule has 2 N–H and O–H groups in total. The largest absolute Gasteiger partial charge is 0.322 e. The molecule has 2 heterocycles. The monoisotopic (exact) mass is 280 g/mol. The van der Waals surface area contributed by atoms with Crippen molar-refractivity contribution in [3.63, 3.8) is 0 Å². The third-order valence-corrected chi connectivity index (χ3v) is 3.91. The van der Waals surface area contributed by atoms with E-state index in [0.29, 0.717) is 6.42 Å². The lowest BCUT2D eigenvalue weighted by molar-refractivity contribution is 0.658. The zero-order chi connectivity index (χ0) is 14.8. The Bertz CT molecular complexity index is 760. The maximum absolute atomic E-state index is 6.39. The third kappa shape index (κ3) is 2.54. The van der Waals surface area contributed by atoms with Crippen LogP contribution >= 0.6 is 0 Å². The summed E-state index contributed by atoms with van der Waals surface area (Å²) < 4.78 is 1.91. The first-order valence-electron chi connectivity index (χ1n) is 7.30. The van der Waals surface area contributed by atoms with Crippen LogP contribution in [0.3, 0.4) is 0 Å². The molecular weight excluding hydrogens is 260 g/mol. The number of aryl methyl sites for hydroxylation is 2. The summed E-state index contributed by atoms with van der Waals surface area (Å²) in [5, 5.41) is 5.79. The van der Waals surface area contributed by atoms with Gasteiger partial charge in [-0.3, -0.25) is 9.67 Å². The Morgan fingerprint density at radius 2 is 2.00 bits per heavy atom. The van der Waals surface area contributed by atoms with E-state index in [-0.39, 0.29) is 6.04 Å². The minimum absolute atomic E-state index is 0.126. The van der Waals surface area contributed by atoms with Crippen LogP contribution in [0.4, 0.5) is 0 Å². The maximum Gasteiger partial charge on any atom is 0.0722 e. The van der Waals surface area contributed by atoms with Gasteiger partial charge in [-0.1, -0.05) is 31.2 Å². The van der Waals surface area contributed by atoms with E-state index < -0.39 is 0 Å². The van der Waals surface area contributed by atoms with Crippen molar-refractivity contribution in [1.82, 2.24) is 14.8 Å². The van der Waals surface area contributed by atoms with E-state index >= 15 is 0 Å². The fraction of sp³-hybridized carbons (Fsp3) is 0.294. The van der Waals surface area contributed by atoms with Crippen molar-refractivity contribution in [2.75, 3.05) is 0 Å². The molecule has 4 heteroatoms. The summed E-state index contributed by atoms with van der Waals surface area (Å²) in [7, 11) is 1.97. The molecule has 0 spiro atoms. The summed E-state index contributed by atoms with van der Waals surface area (Å²) in [6.45, 7) is 2.13. The minimum Gasteiger partial charge on any atom is -0.322 e. The second-order valence-electron chi connectivity index (χ2n) is 5.30. The van der Waals surface area contributed by atoms with Crippen molar-refractivity contribution >= 4 is 10.9 Å². The summed E-state index contributed by atoms with van der Waals surface area (Å²) >= 11 is 0. The summed E-state index contributed by atoms with van der Waals surface area (Å²) in [6.07, 6.45) is 3.45. The van der Waals surface area contributed by atoms with Gasteiger partial charge in [0.15, 0.2) is 0 Å². The number of para-hydroxylation sites is 1. The van der Waals surface area contributed by atoms with Crippen LogP contribution in [0.1, 0.15) is 29.9 Å². The Morgan fingerprint density at radius 1 is 1.19 bits per heavy atom. The van der Waals surface area contributed by atoms with Gasteiger partial charge in [0.25, 0.3) is 0 Å². The van der Waals surface area contributed by atoms with Crippen LogP contribution in [-0.4, -0.2) is 14.8 Å². The molecule has 3 rings (SSSR count). The maximum atomic E-state index is 6.39. The van der Waals surface area contributed by atoms with Crippen LogP contribution in [-0.2, 0) is 19.9 Å². The molecule has 0 aliphatic carbocycles. The molecule has 0 aliphatic heterocycles. The number of fused-ring (bicyclic) bond motifs is 1. The number of rotatable bonds is 4. The Labute approximate surface area is 124 Å². The third-order valence-electron chi connectivity index (χ3n) is 3.91. The summed E-state index contributed by atoms with van der Waals surface area (Å²) in [5.74, 6) is 0. The van der Waals surface area contributed by atoms with Crippen molar-refractivity contribution in [2.24, 2.45) is 12.8 Å². The molecule has 108 valence electrons. The number of pyridine rings is 1. The second kappa shape index (κ2) is 5.66. The number of benzene rings is 1. The molecule has 0 saturated carbocycles. The van der Waals surface area contributed by atoms with E-state index in [9.17, 15) is 0 Å². The van der Waals surface area contributed by atoms with Gasteiger partial charge >= 0.3 is 0 Å². The van der Waals surface area contributed by atoms with Gasteiger partial charge in [-0.15, -0.1) is 0 Å². The number of aromatic nitrogens is 3. The molecule has 0 aliphatic rings. The lowest BCUT2D eigenvalue weighted by Gasteiger charge is -2.13. The minimum atomic E-state index is -0.126. The molecule has 2 aromatic heterocycles. The lowest BCUT2D eigenvalue weighted by Crippen LogP contribution is -2.17. The first kappa shape index (κ1) is 13.8. The predicted molar refractivity (Wildman–Crippen MR) is 85.0 cm³/mol. The quantitative estimate of drug-likeness (QED) is 0.799. The molecule has 0 amide bonds. The van der Waals surface area contributed by atoms with E-state index in [2.05, 4.69) is 35.2 Å². The van der Waals surface area contributed by atoms with E-state index in [4.69, 9.17) is 5.73 Å². The highest BCUT2D eigenvalue weighted by Gasteiger charge is 2.16. The van der Waals surface area contributed by atoms with Gasteiger partial charge in [-0.25, -0.2) is 0 Å². The van der Waals surface area contributed by atoms with Crippen LogP contribution in [0.15, 0.2) is 42.6 Å².